The molecule has 1 fully saturated rings. The fourth-order valence-electron chi connectivity index (χ4n) is 3.23. The van der Waals surface area contributed by atoms with Crippen LogP contribution in [-0.2, 0) is 21.5 Å². The summed E-state index contributed by atoms with van der Waals surface area (Å²) in [6, 6.07) is 4.50. The highest BCUT2D eigenvalue weighted by atomic mass is 32.2. The molecule has 158 valence electrons. The van der Waals surface area contributed by atoms with E-state index in [0.717, 1.165) is 19.3 Å². The minimum atomic E-state index is -3.66. The predicted octanol–water partition coefficient (Wildman–Crippen LogP) is 2.24. The highest BCUT2D eigenvalue weighted by Gasteiger charge is 2.32. The Bertz CT molecular complexity index is 766. The molecule has 0 aliphatic carbocycles. The average molecular weight is 416 g/mol. The van der Waals surface area contributed by atoms with Crippen LogP contribution >= 0.6 is 0 Å². The number of hydrogen-bond acceptors (Lipinski definition) is 4. The summed E-state index contributed by atoms with van der Waals surface area (Å²) >= 11 is 0. The van der Waals surface area contributed by atoms with Crippen LogP contribution in [0.5, 0.6) is 5.75 Å². The van der Waals surface area contributed by atoms with Crippen LogP contribution in [0.15, 0.2) is 18.2 Å². The maximum absolute atomic E-state index is 13.9. The van der Waals surface area contributed by atoms with E-state index in [0.29, 0.717) is 25.1 Å². The number of carbonyl (C=O) groups is 1. The SMILES string of the molecule is CCCN(CC(=O)N(C)Cc1ccc(OC)c(F)c1)S(=O)(=O)N1CCCCC1. The number of likely N-dealkylation sites (N-methyl/N-ethyl adjacent to an activating group) is 1. The van der Waals surface area contributed by atoms with Crippen molar-refractivity contribution in [2.24, 2.45) is 0 Å². The Hall–Kier alpha value is -1.71. The molecule has 1 aromatic rings. The van der Waals surface area contributed by atoms with E-state index >= 15 is 0 Å². The lowest BCUT2D eigenvalue weighted by atomic mass is 10.2. The molecular formula is C19H30FN3O4S. The van der Waals surface area contributed by atoms with Gasteiger partial charge in [-0.1, -0.05) is 19.4 Å². The molecule has 0 unspecified atom stereocenters. The lowest BCUT2D eigenvalue weighted by Gasteiger charge is -2.32. The third-order valence-corrected chi connectivity index (χ3v) is 6.80. The first-order valence-corrected chi connectivity index (χ1v) is 11.0. The predicted molar refractivity (Wildman–Crippen MR) is 106 cm³/mol. The summed E-state index contributed by atoms with van der Waals surface area (Å²) in [5, 5.41) is 0. The van der Waals surface area contributed by atoms with Gasteiger partial charge in [0.1, 0.15) is 0 Å². The van der Waals surface area contributed by atoms with E-state index in [4.69, 9.17) is 4.74 Å². The van der Waals surface area contributed by atoms with Crippen LogP contribution in [-0.4, -0.2) is 68.2 Å². The van der Waals surface area contributed by atoms with Crippen LogP contribution in [0, 0.1) is 5.82 Å². The van der Waals surface area contributed by atoms with E-state index in [2.05, 4.69) is 0 Å². The first-order valence-electron chi connectivity index (χ1n) is 9.61. The van der Waals surface area contributed by atoms with Gasteiger partial charge < -0.3 is 9.64 Å². The fourth-order valence-corrected chi connectivity index (χ4v) is 4.96. The number of rotatable bonds is 9. The first kappa shape index (κ1) is 22.6. The molecular weight excluding hydrogens is 385 g/mol. The standard InChI is InChI=1S/C19H30FN3O4S/c1-4-10-23(28(25,26)22-11-6-5-7-12-22)15-19(24)21(2)14-16-8-9-18(27-3)17(20)13-16/h8-9,13H,4-7,10-12,14-15H2,1-3H3. The van der Waals surface area contributed by atoms with Gasteiger partial charge in [0, 0.05) is 33.2 Å². The molecule has 28 heavy (non-hydrogen) atoms. The van der Waals surface area contributed by atoms with Gasteiger partial charge >= 0.3 is 0 Å². The number of benzene rings is 1. The number of piperidine rings is 1. The van der Waals surface area contributed by atoms with Gasteiger partial charge in [-0.15, -0.1) is 0 Å². The molecule has 1 heterocycles. The van der Waals surface area contributed by atoms with Crippen molar-refractivity contribution in [2.45, 2.75) is 39.2 Å². The zero-order valence-corrected chi connectivity index (χ0v) is 17.7. The number of hydrogen-bond donors (Lipinski definition) is 0. The maximum atomic E-state index is 13.9. The monoisotopic (exact) mass is 415 g/mol. The molecule has 0 atom stereocenters. The molecule has 1 saturated heterocycles. The molecule has 0 spiro atoms. The van der Waals surface area contributed by atoms with Gasteiger partial charge in [0.15, 0.2) is 11.6 Å². The minimum absolute atomic E-state index is 0.138. The Kier molecular flexibility index (Phi) is 8.21. The number of ether oxygens (including phenoxy) is 1. The molecule has 0 saturated carbocycles. The number of methoxy groups -OCH3 is 1. The lowest BCUT2D eigenvalue weighted by Crippen LogP contribution is -2.49. The van der Waals surface area contributed by atoms with E-state index in [1.165, 1.54) is 32.8 Å². The minimum Gasteiger partial charge on any atom is -0.494 e. The highest BCUT2D eigenvalue weighted by molar-refractivity contribution is 7.86. The van der Waals surface area contributed by atoms with E-state index in [1.807, 2.05) is 6.92 Å². The molecule has 1 aliphatic heterocycles. The Morgan fingerprint density at radius 2 is 1.93 bits per heavy atom. The Morgan fingerprint density at radius 1 is 1.25 bits per heavy atom. The van der Waals surface area contributed by atoms with Crippen molar-refractivity contribution >= 4 is 16.1 Å². The van der Waals surface area contributed by atoms with Gasteiger partial charge in [0.05, 0.1) is 13.7 Å². The van der Waals surface area contributed by atoms with Crippen LogP contribution in [0.2, 0.25) is 0 Å². The number of amides is 1. The third-order valence-electron chi connectivity index (χ3n) is 4.81. The fraction of sp³-hybridized carbons (Fsp3) is 0.632. The first-order chi connectivity index (χ1) is 13.3. The van der Waals surface area contributed by atoms with E-state index in [1.54, 1.807) is 13.1 Å². The molecule has 1 aromatic carbocycles. The van der Waals surface area contributed by atoms with Crippen molar-refractivity contribution < 1.29 is 22.3 Å². The average Bonchev–Trinajstić information content (AvgIpc) is 2.68. The summed E-state index contributed by atoms with van der Waals surface area (Å²) in [5.74, 6) is -0.689. The molecule has 7 nitrogen and oxygen atoms in total. The van der Waals surface area contributed by atoms with Crippen molar-refractivity contribution in [3.63, 3.8) is 0 Å². The van der Waals surface area contributed by atoms with Crippen LogP contribution in [0.1, 0.15) is 38.2 Å². The van der Waals surface area contributed by atoms with Gasteiger partial charge in [0.2, 0.25) is 5.91 Å². The Labute approximate surface area is 167 Å². The van der Waals surface area contributed by atoms with Crippen molar-refractivity contribution in [3.05, 3.63) is 29.6 Å². The molecule has 0 radical (unpaired) electrons. The van der Waals surface area contributed by atoms with Crippen LogP contribution in [0.4, 0.5) is 4.39 Å². The summed E-state index contributed by atoms with van der Waals surface area (Å²) in [6.45, 7) is 3.13. The molecule has 1 amide bonds. The number of carbonyl (C=O) groups excluding carboxylic acids is 1. The molecule has 9 heteroatoms. The van der Waals surface area contributed by atoms with Gasteiger partial charge in [-0.25, -0.2) is 4.39 Å². The van der Waals surface area contributed by atoms with Gasteiger partial charge in [-0.2, -0.15) is 17.0 Å². The number of halogens is 1. The summed E-state index contributed by atoms with van der Waals surface area (Å²) < 4.78 is 47.3. The molecule has 0 aromatic heterocycles. The van der Waals surface area contributed by atoms with Gasteiger partial charge in [0.25, 0.3) is 10.2 Å². The summed E-state index contributed by atoms with van der Waals surface area (Å²) in [5.41, 5.74) is 0.607. The van der Waals surface area contributed by atoms with Crippen molar-refractivity contribution in [1.29, 1.82) is 0 Å². The van der Waals surface area contributed by atoms with E-state index < -0.39 is 16.0 Å². The lowest BCUT2D eigenvalue weighted by molar-refractivity contribution is -0.130. The van der Waals surface area contributed by atoms with Gasteiger partial charge in [-0.3, -0.25) is 4.79 Å². The third kappa shape index (κ3) is 5.65. The largest absolute Gasteiger partial charge is 0.494 e. The second-order valence-electron chi connectivity index (χ2n) is 7.02. The quantitative estimate of drug-likeness (QED) is 0.620. The van der Waals surface area contributed by atoms with Crippen LogP contribution < -0.4 is 4.74 Å². The maximum Gasteiger partial charge on any atom is 0.282 e. The number of nitrogens with zero attached hydrogens (tertiary/aromatic N) is 3. The van der Waals surface area contributed by atoms with Crippen molar-refractivity contribution in [2.75, 3.05) is 40.3 Å². The van der Waals surface area contributed by atoms with Crippen LogP contribution in [0.25, 0.3) is 0 Å². The topological polar surface area (TPSA) is 70.2 Å². The van der Waals surface area contributed by atoms with Crippen LogP contribution in [0.3, 0.4) is 0 Å². The Morgan fingerprint density at radius 3 is 2.50 bits per heavy atom. The van der Waals surface area contributed by atoms with Crippen molar-refractivity contribution in [1.82, 2.24) is 13.5 Å². The second kappa shape index (κ2) is 10.2. The molecule has 2 rings (SSSR count). The van der Waals surface area contributed by atoms with E-state index in [-0.39, 0.29) is 31.3 Å². The zero-order valence-electron chi connectivity index (χ0n) is 16.9. The molecule has 0 N–H and O–H groups in total. The highest BCUT2D eigenvalue weighted by Crippen LogP contribution is 2.19. The summed E-state index contributed by atoms with van der Waals surface area (Å²) in [7, 11) is -0.688. The normalized spacial score (nSPS) is 15.6. The van der Waals surface area contributed by atoms with E-state index in [9.17, 15) is 17.6 Å². The van der Waals surface area contributed by atoms with Gasteiger partial charge in [-0.05, 0) is 37.0 Å². The smallest absolute Gasteiger partial charge is 0.282 e. The zero-order chi connectivity index (χ0) is 20.7. The molecule has 0 bridgehead atoms. The molecule has 1 aliphatic rings. The summed E-state index contributed by atoms with van der Waals surface area (Å²) in [6.07, 6.45) is 3.33. The second-order valence-corrected chi connectivity index (χ2v) is 8.95. The summed E-state index contributed by atoms with van der Waals surface area (Å²) in [4.78, 5) is 14.1. The van der Waals surface area contributed by atoms with Crippen molar-refractivity contribution in [3.8, 4) is 5.75 Å². The Balaban J connectivity index is 2.05.